The molecular formula is C24H25F3N4S. The van der Waals surface area contributed by atoms with Crippen LogP contribution in [0.2, 0.25) is 0 Å². The minimum Gasteiger partial charge on any atom is -0.306 e. The molecule has 0 radical (unpaired) electrons. The van der Waals surface area contributed by atoms with Crippen LogP contribution >= 0.6 is 11.3 Å². The summed E-state index contributed by atoms with van der Waals surface area (Å²) in [6.07, 6.45) is 4.79. The van der Waals surface area contributed by atoms with Crippen LogP contribution in [0, 0.1) is 6.92 Å². The number of halogens is 3. The monoisotopic (exact) mass is 458 g/mol. The maximum absolute atomic E-state index is 12.5. The summed E-state index contributed by atoms with van der Waals surface area (Å²) in [5.74, 6) is 0. The minimum atomic E-state index is -4.20. The highest BCUT2D eigenvalue weighted by atomic mass is 32.1. The Labute approximate surface area is 189 Å². The van der Waals surface area contributed by atoms with Crippen LogP contribution in [0.4, 0.5) is 13.2 Å². The Kier molecular flexibility index (Phi) is 6.71. The number of pyridine rings is 2. The predicted octanol–water partition coefficient (Wildman–Crippen LogP) is 6.23. The Morgan fingerprint density at radius 3 is 2.78 bits per heavy atom. The van der Waals surface area contributed by atoms with E-state index in [0.717, 1.165) is 57.4 Å². The van der Waals surface area contributed by atoms with Crippen molar-refractivity contribution < 1.29 is 13.2 Å². The lowest BCUT2D eigenvalue weighted by Gasteiger charge is -2.20. The molecule has 0 fully saturated rings. The number of fused-ring (bicyclic) bond motifs is 1. The number of nitrogens with zero attached hydrogens (tertiary/aromatic N) is 3. The quantitative estimate of drug-likeness (QED) is 0.476. The second-order valence-corrected chi connectivity index (χ2v) is 9.09. The summed E-state index contributed by atoms with van der Waals surface area (Å²) in [6, 6.07) is 7.79. The van der Waals surface area contributed by atoms with Gasteiger partial charge in [0.2, 0.25) is 0 Å². The first-order chi connectivity index (χ1) is 15.3. The van der Waals surface area contributed by atoms with Crippen LogP contribution in [0.1, 0.15) is 43.1 Å². The van der Waals surface area contributed by atoms with E-state index in [9.17, 15) is 13.2 Å². The van der Waals surface area contributed by atoms with Gasteiger partial charge in [0.1, 0.15) is 5.01 Å². The standard InChI is InChI=1S/C24H25F3N4S/c1-15(29-14-24(25,26)27)8-9-17-5-3-6-18-10-11-20(31-21(17)18)22-16(2)30-23(32-22)19-7-4-12-28-13-19/h4,7,9-13,15,29H,3,5-6,8,14H2,1-2H3. The van der Waals surface area contributed by atoms with Gasteiger partial charge >= 0.3 is 6.18 Å². The zero-order valence-corrected chi connectivity index (χ0v) is 18.9. The van der Waals surface area contributed by atoms with Crippen molar-refractivity contribution in [3.63, 3.8) is 0 Å². The van der Waals surface area contributed by atoms with Gasteiger partial charge in [0.05, 0.1) is 28.5 Å². The van der Waals surface area contributed by atoms with Crippen LogP contribution in [-0.2, 0) is 6.42 Å². The van der Waals surface area contributed by atoms with Crippen LogP contribution in [0.3, 0.4) is 0 Å². The lowest BCUT2D eigenvalue weighted by molar-refractivity contribution is -0.125. The highest BCUT2D eigenvalue weighted by molar-refractivity contribution is 7.18. The Balaban J connectivity index is 1.58. The molecule has 1 aliphatic carbocycles. The first-order valence-electron chi connectivity index (χ1n) is 10.7. The van der Waals surface area contributed by atoms with Gasteiger partial charge in [-0.05, 0) is 68.9 Å². The molecule has 0 bridgehead atoms. The molecule has 0 aromatic carbocycles. The first kappa shape index (κ1) is 22.6. The van der Waals surface area contributed by atoms with E-state index in [2.05, 4.69) is 16.4 Å². The van der Waals surface area contributed by atoms with Gasteiger partial charge in [-0.2, -0.15) is 13.2 Å². The number of rotatable bonds is 6. The van der Waals surface area contributed by atoms with Crippen molar-refractivity contribution in [2.75, 3.05) is 6.54 Å². The average Bonchev–Trinajstić information content (AvgIpc) is 3.17. The van der Waals surface area contributed by atoms with E-state index >= 15 is 0 Å². The normalized spacial score (nSPS) is 16.2. The lowest BCUT2D eigenvalue weighted by atomic mass is 9.90. The van der Waals surface area contributed by atoms with Gasteiger partial charge < -0.3 is 5.32 Å². The van der Waals surface area contributed by atoms with E-state index in [0.29, 0.717) is 6.42 Å². The smallest absolute Gasteiger partial charge is 0.306 e. The second kappa shape index (κ2) is 9.50. The van der Waals surface area contributed by atoms with Crippen molar-refractivity contribution in [1.82, 2.24) is 20.3 Å². The second-order valence-electron chi connectivity index (χ2n) is 8.10. The summed E-state index contributed by atoms with van der Waals surface area (Å²) in [7, 11) is 0. The zero-order valence-electron chi connectivity index (χ0n) is 18.0. The van der Waals surface area contributed by atoms with E-state index in [4.69, 9.17) is 9.97 Å². The molecule has 3 aromatic heterocycles. The van der Waals surface area contributed by atoms with Crippen LogP contribution in [0.15, 0.2) is 42.7 Å². The third-order valence-corrected chi connectivity index (χ3v) is 6.71. The fraction of sp³-hybridized carbons (Fsp3) is 0.375. The zero-order chi connectivity index (χ0) is 22.7. The van der Waals surface area contributed by atoms with Gasteiger partial charge in [0.15, 0.2) is 0 Å². The van der Waals surface area contributed by atoms with Gasteiger partial charge in [-0.3, -0.25) is 4.98 Å². The summed E-state index contributed by atoms with van der Waals surface area (Å²) in [5, 5.41) is 3.46. The molecular weight excluding hydrogens is 433 g/mol. The number of hydrogen-bond donors (Lipinski definition) is 1. The molecule has 3 aromatic rings. The Morgan fingerprint density at radius 2 is 2.03 bits per heavy atom. The molecule has 168 valence electrons. The average molecular weight is 459 g/mol. The molecule has 0 aliphatic heterocycles. The van der Waals surface area contributed by atoms with Crippen LogP contribution in [-0.4, -0.2) is 33.7 Å². The molecule has 0 saturated heterocycles. The molecule has 1 aliphatic rings. The van der Waals surface area contributed by atoms with Crippen molar-refractivity contribution in [3.8, 4) is 21.1 Å². The van der Waals surface area contributed by atoms with E-state index in [1.807, 2.05) is 31.2 Å². The van der Waals surface area contributed by atoms with E-state index in [1.54, 1.807) is 30.7 Å². The number of aryl methyl sites for hydroxylation is 2. The topological polar surface area (TPSA) is 50.7 Å². The first-order valence-corrected chi connectivity index (χ1v) is 11.5. The molecule has 0 amide bonds. The number of hydrogen-bond acceptors (Lipinski definition) is 5. The molecule has 4 rings (SSSR count). The maximum Gasteiger partial charge on any atom is 0.401 e. The number of allylic oxidation sites excluding steroid dienone is 1. The van der Waals surface area contributed by atoms with E-state index in [1.165, 1.54) is 5.56 Å². The van der Waals surface area contributed by atoms with Gasteiger partial charge in [-0.1, -0.05) is 12.1 Å². The number of thiazole rings is 1. The third-order valence-electron chi connectivity index (χ3n) is 5.48. The van der Waals surface area contributed by atoms with E-state index in [-0.39, 0.29) is 6.04 Å². The van der Waals surface area contributed by atoms with Gasteiger partial charge in [-0.25, -0.2) is 9.97 Å². The van der Waals surface area contributed by atoms with Crippen LogP contribution in [0.25, 0.3) is 26.7 Å². The van der Waals surface area contributed by atoms with Gasteiger partial charge in [-0.15, -0.1) is 11.3 Å². The SMILES string of the molecule is Cc1nc(-c2cccnc2)sc1-c1ccc2c(n1)C(=CCC(C)NCC(F)(F)F)CCC2. The minimum absolute atomic E-state index is 0.261. The van der Waals surface area contributed by atoms with E-state index < -0.39 is 12.7 Å². The Morgan fingerprint density at radius 1 is 1.19 bits per heavy atom. The number of aromatic nitrogens is 3. The largest absolute Gasteiger partial charge is 0.401 e. The molecule has 1 N–H and O–H groups in total. The predicted molar refractivity (Wildman–Crippen MR) is 122 cm³/mol. The van der Waals surface area contributed by atoms with Crippen molar-refractivity contribution in [1.29, 1.82) is 0 Å². The summed E-state index contributed by atoms with van der Waals surface area (Å²) in [4.78, 5) is 14.9. The fourth-order valence-corrected chi connectivity index (χ4v) is 4.85. The number of nitrogens with one attached hydrogen (secondary N) is 1. The molecule has 3 heterocycles. The Bertz CT molecular complexity index is 1110. The lowest BCUT2D eigenvalue weighted by Crippen LogP contribution is -2.35. The van der Waals surface area contributed by atoms with Gasteiger partial charge in [0, 0.05) is 24.0 Å². The van der Waals surface area contributed by atoms with Crippen molar-refractivity contribution in [3.05, 3.63) is 59.7 Å². The molecule has 4 nitrogen and oxygen atoms in total. The van der Waals surface area contributed by atoms with Gasteiger partial charge in [0.25, 0.3) is 0 Å². The van der Waals surface area contributed by atoms with Crippen molar-refractivity contribution in [2.45, 2.75) is 51.7 Å². The molecule has 0 saturated carbocycles. The van der Waals surface area contributed by atoms with Crippen molar-refractivity contribution >= 4 is 16.9 Å². The van der Waals surface area contributed by atoms with Crippen LogP contribution < -0.4 is 5.32 Å². The van der Waals surface area contributed by atoms with Crippen LogP contribution in [0.5, 0.6) is 0 Å². The molecule has 8 heteroatoms. The summed E-state index contributed by atoms with van der Waals surface area (Å²) in [6.45, 7) is 2.79. The summed E-state index contributed by atoms with van der Waals surface area (Å²) >= 11 is 1.60. The maximum atomic E-state index is 12.5. The molecule has 1 unspecified atom stereocenters. The molecule has 0 spiro atoms. The highest BCUT2D eigenvalue weighted by Gasteiger charge is 2.27. The summed E-state index contributed by atoms with van der Waals surface area (Å²) < 4.78 is 37.4. The summed E-state index contributed by atoms with van der Waals surface area (Å²) in [5.41, 5.74) is 6.05. The number of alkyl halides is 3. The Hall–Kier alpha value is -2.58. The molecule has 1 atom stereocenters. The fourth-order valence-electron chi connectivity index (χ4n) is 3.82. The third kappa shape index (κ3) is 5.42. The highest BCUT2D eigenvalue weighted by Crippen LogP contribution is 2.37. The van der Waals surface area contributed by atoms with Crippen molar-refractivity contribution in [2.24, 2.45) is 0 Å². The molecule has 32 heavy (non-hydrogen) atoms.